The van der Waals surface area contributed by atoms with Crippen molar-refractivity contribution in [1.82, 2.24) is 4.98 Å². The average Bonchev–Trinajstić information content (AvgIpc) is 3.26. The van der Waals surface area contributed by atoms with Gasteiger partial charge in [-0.15, -0.1) is 0 Å². The highest BCUT2D eigenvalue weighted by Gasteiger charge is 2.50. The Kier molecular flexibility index (Phi) is 7.80. The number of hydrogen-bond donors (Lipinski definition) is 0. The smallest absolute Gasteiger partial charge is 0.339 e. The fourth-order valence-electron chi connectivity index (χ4n) is 6.16. The van der Waals surface area contributed by atoms with Gasteiger partial charge in [0.15, 0.2) is 12.4 Å². The molecular weight excluding hydrogens is 620 g/mol. The minimum atomic E-state index is -0.636. The number of imide groups is 1. The van der Waals surface area contributed by atoms with E-state index in [1.54, 1.807) is 42.5 Å². The van der Waals surface area contributed by atoms with Gasteiger partial charge in [0.25, 0.3) is 0 Å². The first-order valence-corrected chi connectivity index (χ1v) is 15.4. The highest BCUT2D eigenvalue weighted by molar-refractivity contribution is 9.10. The van der Waals surface area contributed by atoms with Crippen molar-refractivity contribution in [2.75, 3.05) is 11.5 Å². The largest absolute Gasteiger partial charge is 0.454 e. The number of pyridine rings is 1. The number of ether oxygens (including phenoxy) is 1. The van der Waals surface area contributed by atoms with E-state index in [-0.39, 0.29) is 40.9 Å². The van der Waals surface area contributed by atoms with Crippen molar-refractivity contribution in [3.63, 3.8) is 0 Å². The second-order valence-corrected chi connectivity index (χ2v) is 12.6. The maximum atomic E-state index is 13.5. The number of amides is 2. The summed E-state index contributed by atoms with van der Waals surface area (Å²) < 4.78 is 6.32. The molecule has 8 heteroatoms. The third kappa shape index (κ3) is 5.28. The first-order valence-electron chi connectivity index (χ1n) is 14.6. The van der Waals surface area contributed by atoms with Crippen LogP contribution in [0.4, 0.5) is 5.69 Å². The van der Waals surface area contributed by atoms with Crippen LogP contribution in [-0.4, -0.2) is 35.2 Å². The van der Waals surface area contributed by atoms with Crippen molar-refractivity contribution < 1.29 is 23.9 Å². The van der Waals surface area contributed by atoms with Crippen molar-refractivity contribution in [3.05, 3.63) is 105 Å². The molecule has 3 aromatic carbocycles. The van der Waals surface area contributed by atoms with Gasteiger partial charge in [-0.2, -0.15) is 0 Å². The lowest BCUT2D eigenvalue weighted by Crippen LogP contribution is -2.31. The lowest BCUT2D eigenvalue weighted by molar-refractivity contribution is -0.122. The van der Waals surface area contributed by atoms with E-state index in [4.69, 9.17) is 9.72 Å². The molecule has 4 aromatic rings. The number of hydrogen-bond acceptors (Lipinski definition) is 6. The van der Waals surface area contributed by atoms with Gasteiger partial charge in [0.05, 0.1) is 34.3 Å². The molecule has 2 amide bonds. The lowest BCUT2D eigenvalue weighted by atomic mass is 9.78. The van der Waals surface area contributed by atoms with Crippen LogP contribution in [0.3, 0.4) is 0 Å². The van der Waals surface area contributed by atoms with Gasteiger partial charge in [0.2, 0.25) is 11.8 Å². The number of nitrogens with zero attached hydrogens (tertiary/aromatic N) is 2. The summed E-state index contributed by atoms with van der Waals surface area (Å²) in [6, 6.07) is 17.8. The molecule has 7 nitrogen and oxygen atoms in total. The SMILES string of the molecule is Cc1ccc(C(=O)COC(=O)c2cc(-c3ccc(N4C(=O)C5CC=CC(C)C5C4=O)cc3)nc3c(C)cc(Br)cc23)cc1C. The number of esters is 1. The molecule has 1 saturated heterocycles. The number of ketones is 1. The average molecular weight is 652 g/mol. The van der Waals surface area contributed by atoms with Crippen molar-refractivity contribution >= 4 is 56.1 Å². The summed E-state index contributed by atoms with van der Waals surface area (Å²) in [5.74, 6) is -1.93. The maximum Gasteiger partial charge on any atom is 0.339 e. The molecule has 2 heterocycles. The molecule has 1 aliphatic carbocycles. The lowest BCUT2D eigenvalue weighted by Gasteiger charge is -2.22. The second kappa shape index (κ2) is 11.6. The third-order valence-electron chi connectivity index (χ3n) is 8.75. The van der Waals surface area contributed by atoms with Gasteiger partial charge in [0, 0.05) is 21.0 Å². The van der Waals surface area contributed by atoms with Gasteiger partial charge in [0.1, 0.15) is 0 Å². The van der Waals surface area contributed by atoms with Crippen molar-refractivity contribution in [3.8, 4) is 11.3 Å². The van der Waals surface area contributed by atoms with E-state index in [2.05, 4.69) is 15.9 Å². The normalized spacial score (nSPS) is 19.4. The van der Waals surface area contributed by atoms with Crippen LogP contribution in [0.2, 0.25) is 0 Å². The van der Waals surface area contributed by atoms with E-state index in [1.165, 1.54) is 4.90 Å². The number of carbonyl (C=O) groups is 4. The van der Waals surface area contributed by atoms with E-state index in [9.17, 15) is 19.2 Å². The Bertz CT molecular complexity index is 1900. The van der Waals surface area contributed by atoms with Crippen molar-refractivity contribution in [2.24, 2.45) is 17.8 Å². The predicted molar refractivity (Wildman–Crippen MR) is 173 cm³/mol. The minimum absolute atomic E-state index is 0.00836. The third-order valence-corrected chi connectivity index (χ3v) is 9.20. The fourth-order valence-corrected chi connectivity index (χ4v) is 6.74. The summed E-state index contributed by atoms with van der Waals surface area (Å²) in [5.41, 5.74) is 6.03. The summed E-state index contributed by atoms with van der Waals surface area (Å²) >= 11 is 3.51. The fraction of sp³-hybridized carbons (Fsp3) is 0.250. The van der Waals surface area contributed by atoms with E-state index in [1.807, 2.05) is 58.0 Å². The number of halogens is 1. The topological polar surface area (TPSA) is 93.6 Å². The van der Waals surface area contributed by atoms with E-state index < -0.39 is 12.6 Å². The summed E-state index contributed by atoms with van der Waals surface area (Å²) in [7, 11) is 0. The number of aromatic nitrogens is 1. The van der Waals surface area contributed by atoms with Crippen LogP contribution in [-0.2, 0) is 14.3 Å². The first kappa shape index (κ1) is 29.6. The Labute approximate surface area is 264 Å². The standard InChI is InChI=1S/C36H31BrN2O5/c1-19-8-9-24(14-21(19)3)31(40)18-44-36(43)29-17-30(38-33-22(4)15-25(37)16-28(29)33)23-10-12-26(13-11-23)39-34(41)27-7-5-6-20(2)32(27)35(39)42/h5-6,8-17,20,27,32H,7,18H2,1-4H3. The molecule has 0 saturated carbocycles. The molecule has 44 heavy (non-hydrogen) atoms. The van der Waals surface area contributed by atoms with Crippen LogP contribution < -0.4 is 4.90 Å². The van der Waals surface area contributed by atoms with Crippen LogP contribution in [0.25, 0.3) is 22.2 Å². The molecule has 1 aliphatic heterocycles. The number of allylic oxidation sites excluding steroid dienone is 2. The maximum absolute atomic E-state index is 13.5. The van der Waals surface area contributed by atoms with E-state index in [0.717, 1.165) is 21.2 Å². The van der Waals surface area contributed by atoms with Crippen molar-refractivity contribution in [1.29, 1.82) is 0 Å². The number of benzene rings is 3. The molecular formula is C36H31BrN2O5. The monoisotopic (exact) mass is 650 g/mol. The predicted octanol–water partition coefficient (Wildman–Crippen LogP) is 7.33. The van der Waals surface area contributed by atoms with E-state index >= 15 is 0 Å². The van der Waals surface area contributed by atoms with Gasteiger partial charge in [-0.3, -0.25) is 19.3 Å². The Morgan fingerprint density at radius 3 is 2.39 bits per heavy atom. The Morgan fingerprint density at radius 2 is 1.68 bits per heavy atom. The van der Waals surface area contributed by atoms with Gasteiger partial charge < -0.3 is 4.74 Å². The second-order valence-electron chi connectivity index (χ2n) is 11.7. The van der Waals surface area contributed by atoms with Gasteiger partial charge in [-0.05, 0) is 86.2 Å². The zero-order chi connectivity index (χ0) is 31.3. The molecule has 3 unspecified atom stereocenters. The van der Waals surface area contributed by atoms with Crippen molar-refractivity contribution in [2.45, 2.75) is 34.1 Å². The summed E-state index contributed by atoms with van der Waals surface area (Å²) in [6.45, 7) is 7.39. The van der Waals surface area contributed by atoms with Gasteiger partial charge >= 0.3 is 5.97 Å². The number of rotatable bonds is 6. The van der Waals surface area contributed by atoms with Crippen LogP contribution in [0.15, 0.2) is 77.3 Å². The molecule has 222 valence electrons. The molecule has 3 atom stereocenters. The zero-order valence-corrected chi connectivity index (χ0v) is 26.5. The summed E-state index contributed by atoms with van der Waals surface area (Å²) in [4.78, 5) is 58.9. The van der Waals surface area contributed by atoms with Crippen LogP contribution in [0.1, 0.15) is 50.8 Å². The van der Waals surface area contributed by atoms with Gasteiger partial charge in [-0.1, -0.05) is 59.3 Å². The number of aryl methyl sites for hydroxylation is 3. The summed E-state index contributed by atoms with van der Waals surface area (Å²) in [6.07, 6.45) is 4.56. The van der Waals surface area contributed by atoms with Gasteiger partial charge in [-0.25, -0.2) is 9.78 Å². The first-order chi connectivity index (χ1) is 21.0. The van der Waals surface area contributed by atoms with E-state index in [0.29, 0.717) is 39.8 Å². The zero-order valence-electron chi connectivity index (χ0n) is 24.9. The number of anilines is 1. The molecule has 1 fully saturated rings. The number of fused-ring (bicyclic) bond motifs is 2. The number of carbonyl (C=O) groups excluding carboxylic acids is 4. The Hall–Kier alpha value is -4.43. The molecule has 0 radical (unpaired) electrons. The highest BCUT2D eigenvalue weighted by Crippen LogP contribution is 2.41. The summed E-state index contributed by atoms with van der Waals surface area (Å²) in [5, 5.41) is 0.597. The number of Topliss-reactive ketones (excluding diaryl/α,β-unsaturated/α-hetero) is 1. The highest BCUT2D eigenvalue weighted by atomic mass is 79.9. The molecule has 0 spiro atoms. The van der Waals surface area contributed by atoms with Crippen LogP contribution >= 0.6 is 15.9 Å². The molecule has 0 N–H and O–H groups in total. The molecule has 1 aromatic heterocycles. The van der Waals surface area contributed by atoms with Crippen LogP contribution in [0, 0.1) is 38.5 Å². The minimum Gasteiger partial charge on any atom is -0.454 e. The molecule has 0 bridgehead atoms. The Morgan fingerprint density at radius 1 is 0.932 bits per heavy atom. The molecule has 6 rings (SSSR count). The Balaban J connectivity index is 1.30. The quantitative estimate of drug-likeness (QED) is 0.0939. The molecule has 2 aliphatic rings. The van der Waals surface area contributed by atoms with Crippen LogP contribution in [0.5, 0.6) is 0 Å².